The molecule has 2 aliphatic heterocycles. The maximum Gasteiger partial charge on any atom is 0.408 e. The second kappa shape index (κ2) is 11.1. The van der Waals surface area contributed by atoms with Crippen molar-refractivity contribution in [3.05, 3.63) is 47.3 Å². The second-order valence-electron chi connectivity index (χ2n) is 14.9. The van der Waals surface area contributed by atoms with Crippen molar-refractivity contribution in [2.75, 3.05) is 13.2 Å². The van der Waals surface area contributed by atoms with Crippen LogP contribution < -0.4 is 5.32 Å². The lowest BCUT2D eigenvalue weighted by molar-refractivity contribution is -0.155. The number of alkyl carbamates (subject to hydrolysis) is 1. The highest BCUT2D eigenvalue weighted by Crippen LogP contribution is 2.73. The van der Waals surface area contributed by atoms with E-state index in [-0.39, 0.29) is 48.4 Å². The normalized spacial score (nSPS) is 41.5. The molecule has 244 valence electrons. The number of pyridine rings is 1. The number of terminal acetylenes is 1. The number of Topliss-reactive ketones (excluding diaryl/α,β-unsaturated/α-hetero) is 1. The summed E-state index contributed by atoms with van der Waals surface area (Å²) in [6.45, 7) is 8.51. The van der Waals surface area contributed by atoms with E-state index in [1.807, 2.05) is 19.1 Å². The minimum absolute atomic E-state index is 0.0344. The maximum atomic E-state index is 14.5. The number of aliphatic hydroxyl groups is 1. The minimum Gasteiger partial charge on any atom is -0.458 e. The Morgan fingerprint density at radius 2 is 2.07 bits per heavy atom. The summed E-state index contributed by atoms with van der Waals surface area (Å²) in [5, 5.41) is 13.9. The Morgan fingerprint density at radius 1 is 1.26 bits per heavy atom. The largest absolute Gasteiger partial charge is 0.458 e. The third kappa shape index (κ3) is 4.36. The summed E-state index contributed by atoms with van der Waals surface area (Å²) >= 11 is 0. The number of aliphatic hydroxyl groups excluding tert-OH is 1. The van der Waals surface area contributed by atoms with Crippen LogP contribution in [0.15, 0.2) is 41.7 Å². The molecule has 4 aliphatic carbocycles. The third-order valence-corrected chi connectivity index (χ3v) is 13.2. The van der Waals surface area contributed by atoms with E-state index >= 15 is 0 Å². The quantitative estimate of drug-likeness (QED) is 0.265. The SMILES string of the molecule is C#CCNC(=O)OCC1=C(C)C[C@H]([C@@H](C)[C@H]2CC[C@H]3[C@@H]4C[C@H]5O[C@]56[C@@H](O)C=C(c5cccnc5)C(=O)[C@]6(C)[C@H]4CC[C@]23C)OC1=O. The Bertz CT molecular complexity index is 1560. The highest BCUT2D eigenvalue weighted by atomic mass is 16.6. The monoisotopic (exact) mass is 628 g/mol. The number of hydrogen-bond acceptors (Lipinski definition) is 8. The fraction of sp³-hybridized carbons (Fsp3) is 0.622. The van der Waals surface area contributed by atoms with Gasteiger partial charge in [-0.3, -0.25) is 9.78 Å². The maximum absolute atomic E-state index is 14.5. The van der Waals surface area contributed by atoms with Crippen molar-refractivity contribution in [3.63, 3.8) is 0 Å². The summed E-state index contributed by atoms with van der Waals surface area (Å²) in [5.41, 5.74) is 0.933. The van der Waals surface area contributed by atoms with Gasteiger partial charge in [0.15, 0.2) is 5.78 Å². The molecular weight excluding hydrogens is 584 g/mol. The summed E-state index contributed by atoms with van der Waals surface area (Å²) in [6.07, 6.45) is 13.8. The summed E-state index contributed by atoms with van der Waals surface area (Å²) in [4.78, 5) is 43.7. The molecule has 4 fully saturated rings. The number of carbonyl (C=O) groups excluding carboxylic acids is 3. The zero-order valence-electron chi connectivity index (χ0n) is 27.1. The van der Waals surface area contributed by atoms with Gasteiger partial charge in [0, 0.05) is 30.0 Å². The van der Waals surface area contributed by atoms with Crippen LogP contribution in [0.3, 0.4) is 0 Å². The average molecular weight is 629 g/mol. The van der Waals surface area contributed by atoms with Gasteiger partial charge in [-0.25, -0.2) is 9.59 Å². The Labute approximate surface area is 270 Å². The lowest BCUT2D eigenvalue weighted by Crippen LogP contribution is -2.64. The first-order valence-corrected chi connectivity index (χ1v) is 16.7. The molecule has 2 N–H and O–H groups in total. The number of esters is 1. The van der Waals surface area contributed by atoms with Crippen molar-refractivity contribution < 1.29 is 33.7 Å². The molecular formula is C37H44N2O7. The number of ketones is 1. The van der Waals surface area contributed by atoms with E-state index in [9.17, 15) is 19.5 Å². The van der Waals surface area contributed by atoms with Crippen LogP contribution in [0.4, 0.5) is 4.79 Å². The van der Waals surface area contributed by atoms with Crippen LogP contribution >= 0.6 is 0 Å². The Hall–Kier alpha value is -3.48. The van der Waals surface area contributed by atoms with E-state index in [1.54, 1.807) is 18.5 Å². The van der Waals surface area contributed by atoms with Gasteiger partial charge >= 0.3 is 12.1 Å². The number of carbonyl (C=O) groups is 3. The topological polar surface area (TPSA) is 127 Å². The molecule has 9 heteroatoms. The molecule has 6 aliphatic rings. The third-order valence-electron chi connectivity index (χ3n) is 13.2. The number of rotatable bonds is 6. The van der Waals surface area contributed by atoms with Gasteiger partial charge in [0.2, 0.25) is 0 Å². The number of aromatic nitrogens is 1. The molecule has 11 atom stereocenters. The smallest absolute Gasteiger partial charge is 0.408 e. The van der Waals surface area contributed by atoms with Gasteiger partial charge in [-0.2, -0.15) is 0 Å². The Morgan fingerprint density at radius 3 is 2.78 bits per heavy atom. The Balaban J connectivity index is 1.09. The molecule has 9 nitrogen and oxygen atoms in total. The number of cyclic esters (lactones) is 1. The molecule has 1 amide bonds. The molecule has 3 heterocycles. The zero-order chi connectivity index (χ0) is 32.6. The van der Waals surface area contributed by atoms with Crippen LogP contribution in [0.5, 0.6) is 0 Å². The molecule has 7 rings (SSSR count). The van der Waals surface area contributed by atoms with Crippen molar-refractivity contribution in [3.8, 4) is 12.3 Å². The van der Waals surface area contributed by atoms with Crippen LogP contribution in [0.1, 0.15) is 71.8 Å². The van der Waals surface area contributed by atoms with E-state index < -0.39 is 29.2 Å². The standard InChI is InChI=1S/C37H44N2O7/c1-6-13-39-34(43)44-19-25-20(2)15-29(45-33(25)42)21(3)26-9-10-27-24-17-31-37(46-31)30(40)16-23(22-8-7-14-38-18-22)32(41)36(37,5)28(24)11-12-35(26,27)4/h1,7-8,14,16,18,21,24,26-31,40H,9-13,15,17,19H2,2-5H3,(H,39,43)/t21-,24-,26+,27-,28-,29+,30-,31+,35+,36-,37+/m0/s1. The van der Waals surface area contributed by atoms with Gasteiger partial charge in [0.05, 0.1) is 23.6 Å². The van der Waals surface area contributed by atoms with Gasteiger partial charge in [-0.05, 0) is 93.1 Å². The molecule has 1 aromatic heterocycles. The van der Waals surface area contributed by atoms with Crippen molar-refractivity contribution in [2.45, 2.75) is 90.1 Å². The second-order valence-corrected chi connectivity index (χ2v) is 14.9. The molecule has 0 bridgehead atoms. The summed E-state index contributed by atoms with van der Waals surface area (Å²) in [7, 11) is 0. The van der Waals surface area contributed by atoms with Crippen LogP contribution in [-0.4, -0.2) is 65.0 Å². The van der Waals surface area contributed by atoms with E-state index in [0.717, 1.165) is 43.2 Å². The van der Waals surface area contributed by atoms with Crippen LogP contribution in [0.25, 0.3) is 5.57 Å². The first kappa shape index (κ1) is 31.1. The van der Waals surface area contributed by atoms with Crippen LogP contribution in [0, 0.1) is 52.8 Å². The van der Waals surface area contributed by atoms with Crippen molar-refractivity contribution in [1.82, 2.24) is 10.3 Å². The van der Waals surface area contributed by atoms with Crippen molar-refractivity contribution >= 4 is 23.4 Å². The average Bonchev–Trinajstić information content (AvgIpc) is 3.68. The predicted octanol–water partition coefficient (Wildman–Crippen LogP) is 4.64. The number of nitrogens with one attached hydrogen (secondary N) is 1. The fourth-order valence-electron chi connectivity index (χ4n) is 10.9. The highest BCUT2D eigenvalue weighted by molar-refractivity contribution is 6.25. The lowest BCUT2D eigenvalue weighted by atomic mass is 9.43. The number of ether oxygens (including phenoxy) is 3. The minimum atomic E-state index is -0.848. The Kier molecular flexibility index (Phi) is 7.48. The predicted molar refractivity (Wildman–Crippen MR) is 169 cm³/mol. The molecule has 1 aromatic rings. The van der Waals surface area contributed by atoms with Crippen molar-refractivity contribution in [1.29, 1.82) is 0 Å². The first-order chi connectivity index (χ1) is 22.0. The molecule has 1 saturated heterocycles. The van der Waals surface area contributed by atoms with Gasteiger partial charge in [0.1, 0.15) is 24.4 Å². The first-order valence-electron chi connectivity index (χ1n) is 16.7. The molecule has 0 radical (unpaired) electrons. The zero-order valence-corrected chi connectivity index (χ0v) is 27.1. The summed E-state index contributed by atoms with van der Waals surface area (Å²) < 4.78 is 17.7. The number of amides is 1. The molecule has 1 spiro atoms. The summed E-state index contributed by atoms with van der Waals surface area (Å²) in [6, 6.07) is 3.71. The summed E-state index contributed by atoms with van der Waals surface area (Å²) in [5.74, 6) is 3.29. The lowest BCUT2D eigenvalue weighted by Gasteiger charge is -2.58. The van der Waals surface area contributed by atoms with Crippen LogP contribution in [0.2, 0.25) is 0 Å². The van der Waals surface area contributed by atoms with E-state index in [0.29, 0.717) is 35.3 Å². The van der Waals surface area contributed by atoms with Gasteiger partial charge in [-0.15, -0.1) is 6.42 Å². The highest BCUT2D eigenvalue weighted by Gasteiger charge is 2.81. The van der Waals surface area contributed by atoms with Gasteiger partial charge < -0.3 is 24.6 Å². The number of allylic oxidation sites excluding steroid dienone is 1. The van der Waals surface area contributed by atoms with E-state index in [2.05, 4.69) is 37.0 Å². The molecule has 0 aromatic carbocycles. The van der Waals surface area contributed by atoms with Gasteiger partial charge in [0.25, 0.3) is 0 Å². The van der Waals surface area contributed by atoms with Crippen LogP contribution in [-0.2, 0) is 23.8 Å². The number of epoxide rings is 1. The number of nitrogens with zero attached hydrogens (tertiary/aromatic N) is 1. The molecule has 0 unspecified atom stereocenters. The number of hydrogen-bond donors (Lipinski definition) is 2. The fourth-order valence-corrected chi connectivity index (χ4v) is 10.9. The van der Waals surface area contributed by atoms with Gasteiger partial charge in [-0.1, -0.05) is 31.4 Å². The van der Waals surface area contributed by atoms with E-state index in [4.69, 9.17) is 20.6 Å². The van der Waals surface area contributed by atoms with E-state index in [1.165, 1.54) is 0 Å². The van der Waals surface area contributed by atoms with Crippen molar-refractivity contribution in [2.24, 2.45) is 40.4 Å². The molecule has 3 saturated carbocycles. The number of fused-ring (bicyclic) bond motifs is 4. The molecule has 46 heavy (non-hydrogen) atoms.